The molecule has 0 spiro atoms. The van der Waals surface area contributed by atoms with Gasteiger partial charge in [0.2, 0.25) is 0 Å². The molecule has 308 valence electrons. The average molecular weight is 832 g/mol. The van der Waals surface area contributed by atoms with Crippen molar-refractivity contribution in [3.8, 4) is 66.8 Å². The SMILES string of the molecule is CC1(C)c2cc(-c3cccc4c3oc3ccccc34)ccc2-c2ccc(N(c3ccc(-c4ccccc4-c4ccccc4)cc3)c3ccc(-c4ccccc4-c4ccccc4)cc3)cc21. The molecule has 2 nitrogen and oxygen atoms in total. The van der Waals surface area contributed by atoms with Gasteiger partial charge in [-0.25, -0.2) is 0 Å². The van der Waals surface area contributed by atoms with Crippen molar-refractivity contribution >= 4 is 39.0 Å². The van der Waals surface area contributed by atoms with Crippen LogP contribution in [0, 0.1) is 0 Å². The summed E-state index contributed by atoms with van der Waals surface area (Å²) in [5, 5.41) is 2.29. The van der Waals surface area contributed by atoms with Gasteiger partial charge in [-0.1, -0.05) is 202 Å². The zero-order valence-corrected chi connectivity index (χ0v) is 36.4. The highest BCUT2D eigenvalue weighted by molar-refractivity contribution is 6.09. The van der Waals surface area contributed by atoms with Crippen molar-refractivity contribution in [1.82, 2.24) is 0 Å². The standard InChI is InChI=1S/C63H45NO/c1-63(2)59-40-46(54-25-15-26-58-57-24-13-14-27-61(57)65-62(54)58)32-38-55(59)56-39-37-49(41-60(56)63)64(47-33-28-44(29-34-47)52-22-11-9-20-50(52)42-16-5-3-6-17-42)48-35-30-45(31-36-48)53-23-12-10-21-51(53)43-18-7-4-8-19-43/h3-41H,1-2H3. The van der Waals surface area contributed by atoms with Gasteiger partial charge < -0.3 is 9.32 Å². The van der Waals surface area contributed by atoms with Crippen LogP contribution in [0.4, 0.5) is 17.1 Å². The Morgan fingerprint density at radius 3 is 1.29 bits per heavy atom. The quantitative estimate of drug-likeness (QED) is 0.152. The van der Waals surface area contributed by atoms with Crippen molar-refractivity contribution in [1.29, 1.82) is 0 Å². The molecular formula is C63H45NO. The average Bonchev–Trinajstić information content (AvgIpc) is 3.86. The monoisotopic (exact) mass is 831 g/mol. The number of hydrogen-bond donors (Lipinski definition) is 0. The number of hydrogen-bond acceptors (Lipinski definition) is 2. The zero-order valence-electron chi connectivity index (χ0n) is 36.4. The summed E-state index contributed by atoms with van der Waals surface area (Å²) in [4.78, 5) is 2.41. The normalized spacial score (nSPS) is 12.6. The molecule has 1 aliphatic carbocycles. The van der Waals surface area contributed by atoms with E-state index in [0.717, 1.165) is 44.6 Å². The van der Waals surface area contributed by atoms with Crippen LogP contribution in [0.5, 0.6) is 0 Å². The number of rotatable bonds is 8. The first-order chi connectivity index (χ1) is 32.0. The molecule has 0 unspecified atom stereocenters. The van der Waals surface area contributed by atoms with Crippen molar-refractivity contribution < 1.29 is 4.42 Å². The molecular weight excluding hydrogens is 787 g/mol. The lowest BCUT2D eigenvalue weighted by Crippen LogP contribution is -2.16. The zero-order chi connectivity index (χ0) is 43.5. The Labute approximate surface area is 380 Å². The summed E-state index contributed by atoms with van der Waals surface area (Å²) < 4.78 is 6.51. The Morgan fingerprint density at radius 1 is 0.308 bits per heavy atom. The van der Waals surface area contributed by atoms with Gasteiger partial charge in [-0.15, -0.1) is 0 Å². The van der Waals surface area contributed by atoms with Crippen molar-refractivity contribution in [2.75, 3.05) is 4.90 Å². The van der Waals surface area contributed by atoms with Crippen LogP contribution < -0.4 is 4.90 Å². The predicted octanol–water partition coefficient (Wildman–Crippen LogP) is 17.7. The minimum atomic E-state index is -0.250. The van der Waals surface area contributed by atoms with E-state index < -0.39 is 0 Å². The van der Waals surface area contributed by atoms with Crippen molar-refractivity contribution in [3.63, 3.8) is 0 Å². The minimum absolute atomic E-state index is 0.250. The van der Waals surface area contributed by atoms with Gasteiger partial charge in [0, 0.05) is 38.8 Å². The minimum Gasteiger partial charge on any atom is -0.455 e. The number of fused-ring (bicyclic) bond motifs is 6. The highest BCUT2D eigenvalue weighted by Gasteiger charge is 2.36. The van der Waals surface area contributed by atoms with E-state index in [1.54, 1.807) is 0 Å². The first-order valence-corrected chi connectivity index (χ1v) is 22.5. The van der Waals surface area contributed by atoms with Crippen LogP contribution in [0.15, 0.2) is 241 Å². The maximum Gasteiger partial charge on any atom is 0.143 e. The second-order valence-electron chi connectivity index (χ2n) is 17.6. The molecule has 0 atom stereocenters. The lowest BCUT2D eigenvalue weighted by atomic mass is 9.81. The molecule has 65 heavy (non-hydrogen) atoms. The van der Waals surface area contributed by atoms with Gasteiger partial charge in [-0.3, -0.25) is 0 Å². The summed E-state index contributed by atoms with van der Waals surface area (Å²) in [5.41, 5.74) is 22.1. The van der Waals surface area contributed by atoms with Crippen LogP contribution in [0.2, 0.25) is 0 Å². The number of furan rings is 1. The van der Waals surface area contributed by atoms with Crippen molar-refractivity contribution in [3.05, 3.63) is 248 Å². The van der Waals surface area contributed by atoms with E-state index in [-0.39, 0.29) is 5.41 Å². The van der Waals surface area contributed by atoms with Crippen molar-refractivity contribution in [2.45, 2.75) is 19.3 Å². The van der Waals surface area contributed by atoms with E-state index in [1.807, 2.05) is 6.07 Å². The summed E-state index contributed by atoms with van der Waals surface area (Å²) in [7, 11) is 0. The smallest absolute Gasteiger partial charge is 0.143 e. The topological polar surface area (TPSA) is 16.4 Å². The third kappa shape index (κ3) is 6.57. The number of benzene rings is 10. The van der Waals surface area contributed by atoms with Gasteiger partial charge in [0.1, 0.15) is 11.2 Å². The molecule has 1 aliphatic rings. The molecule has 0 fully saturated rings. The molecule has 11 aromatic rings. The van der Waals surface area contributed by atoms with Crippen LogP contribution in [-0.2, 0) is 5.41 Å². The first kappa shape index (κ1) is 38.5. The maximum atomic E-state index is 6.51. The largest absolute Gasteiger partial charge is 0.455 e. The van der Waals surface area contributed by atoms with Crippen LogP contribution >= 0.6 is 0 Å². The van der Waals surface area contributed by atoms with Gasteiger partial charge in [-0.05, 0) is 121 Å². The summed E-state index contributed by atoms with van der Waals surface area (Å²) in [6.07, 6.45) is 0. The predicted molar refractivity (Wildman–Crippen MR) is 273 cm³/mol. The Balaban J connectivity index is 0.952. The number of nitrogens with zero attached hydrogens (tertiary/aromatic N) is 1. The molecule has 0 aliphatic heterocycles. The van der Waals surface area contributed by atoms with Gasteiger partial charge in [0.05, 0.1) is 0 Å². The Kier molecular flexibility index (Phi) is 9.21. The van der Waals surface area contributed by atoms with E-state index >= 15 is 0 Å². The first-order valence-electron chi connectivity index (χ1n) is 22.5. The third-order valence-electron chi connectivity index (χ3n) is 13.5. The molecule has 1 aromatic heterocycles. The van der Waals surface area contributed by atoms with E-state index in [1.165, 1.54) is 72.3 Å². The van der Waals surface area contributed by atoms with Gasteiger partial charge in [0.15, 0.2) is 0 Å². The van der Waals surface area contributed by atoms with Crippen LogP contribution in [0.25, 0.3) is 88.7 Å². The molecule has 0 saturated carbocycles. The molecule has 0 saturated heterocycles. The molecule has 0 N–H and O–H groups in total. The Hall–Kier alpha value is -8.20. The summed E-state index contributed by atoms with van der Waals surface area (Å²) in [5.74, 6) is 0. The number of anilines is 3. The summed E-state index contributed by atoms with van der Waals surface area (Å²) >= 11 is 0. The van der Waals surface area contributed by atoms with Gasteiger partial charge in [-0.2, -0.15) is 0 Å². The third-order valence-corrected chi connectivity index (χ3v) is 13.5. The number of para-hydroxylation sites is 2. The molecule has 10 aromatic carbocycles. The highest BCUT2D eigenvalue weighted by atomic mass is 16.3. The maximum absolute atomic E-state index is 6.51. The summed E-state index contributed by atoms with van der Waals surface area (Å²) in [6, 6.07) is 85.7. The Morgan fingerprint density at radius 2 is 0.723 bits per heavy atom. The van der Waals surface area contributed by atoms with Crippen LogP contribution in [0.3, 0.4) is 0 Å². The Bertz CT molecular complexity index is 3420. The van der Waals surface area contributed by atoms with Crippen molar-refractivity contribution in [2.24, 2.45) is 0 Å². The van der Waals surface area contributed by atoms with E-state index in [2.05, 4.69) is 249 Å². The summed E-state index contributed by atoms with van der Waals surface area (Å²) in [6.45, 7) is 4.74. The molecule has 12 rings (SSSR count). The lowest BCUT2D eigenvalue weighted by Gasteiger charge is -2.28. The van der Waals surface area contributed by atoms with Crippen LogP contribution in [-0.4, -0.2) is 0 Å². The van der Waals surface area contributed by atoms with Gasteiger partial charge >= 0.3 is 0 Å². The fourth-order valence-corrected chi connectivity index (χ4v) is 10.2. The van der Waals surface area contributed by atoms with Gasteiger partial charge in [0.25, 0.3) is 0 Å². The van der Waals surface area contributed by atoms with E-state index in [9.17, 15) is 0 Å². The molecule has 0 amide bonds. The van der Waals surface area contributed by atoms with E-state index in [4.69, 9.17) is 4.42 Å². The lowest BCUT2D eigenvalue weighted by molar-refractivity contribution is 0.660. The second kappa shape index (κ2) is 15.6. The molecule has 0 radical (unpaired) electrons. The molecule has 1 heterocycles. The fraction of sp³-hybridized carbons (Fsp3) is 0.0476. The molecule has 2 heteroatoms. The highest BCUT2D eigenvalue weighted by Crippen LogP contribution is 2.52. The fourth-order valence-electron chi connectivity index (χ4n) is 10.2. The second-order valence-corrected chi connectivity index (χ2v) is 17.6. The molecule has 0 bridgehead atoms. The van der Waals surface area contributed by atoms with Crippen LogP contribution in [0.1, 0.15) is 25.0 Å². The van der Waals surface area contributed by atoms with E-state index in [0.29, 0.717) is 0 Å².